The molecule has 0 aliphatic heterocycles. The Hall–Kier alpha value is -1.88. The highest BCUT2D eigenvalue weighted by Crippen LogP contribution is 2.32. The lowest BCUT2D eigenvalue weighted by molar-refractivity contribution is 0.0593. The second-order valence-electron chi connectivity index (χ2n) is 4.81. The lowest BCUT2D eigenvalue weighted by Crippen LogP contribution is -2.04. The van der Waals surface area contributed by atoms with E-state index >= 15 is 0 Å². The lowest BCUT2D eigenvalue weighted by Gasteiger charge is -2.14. The van der Waals surface area contributed by atoms with Gasteiger partial charge in [-0.2, -0.15) is 0 Å². The van der Waals surface area contributed by atoms with Crippen LogP contribution >= 0.6 is 15.9 Å². The maximum atomic E-state index is 11.5. The van der Waals surface area contributed by atoms with Gasteiger partial charge >= 0.3 is 5.97 Å². The molecule has 2 aromatic rings. The summed E-state index contributed by atoms with van der Waals surface area (Å²) in [5, 5.41) is 0. The summed E-state index contributed by atoms with van der Waals surface area (Å²) in [6, 6.07) is 9.13. The van der Waals surface area contributed by atoms with Gasteiger partial charge in [0.15, 0.2) is 5.69 Å². The molecule has 5 heteroatoms. The fraction of sp³-hybridized carbons (Fsp3) is 0.250. The Kier molecular flexibility index (Phi) is 4.96. The largest absolute Gasteiger partial charge is 0.464 e. The highest BCUT2D eigenvalue weighted by Gasteiger charge is 2.12. The summed E-state index contributed by atoms with van der Waals surface area (Å²) in [5.41, 5.74) is 1.30. The fourth-order valence-corrected chi connectivity index (χ4v) is 2.26. The zero-order chi connectivity index (χ0) is 15.4. The number of methoxy groups -OCH3 is 1. The molecular formula is C16H16BrNO3. The third-order valence-corrected chi connectivity index (χ3v) is 3.44. The summed E-state index contributed by atoms with van der Waals surface area (Å²) in [7, 11) is 1.32. The number of hydrogen-bond acceptors (Lipinski definition) is 4. The minimum Gasteiger partial charge on any atom is -0.464 e. The van der Waals surface area contributed by atoms with Crippen LogP contribution in [0.25, 0.3) is 0 Å². The number of nitrogens with zero attached hydrogens (tertiary/aromatic N) is 1. The van der Waals surface area contributed by atoms with E-state index in [0.717, 1.165) is 15.8 Å². The number of ether oxygens (including phenoxy) is 2. The van der Waals surface area contributed by atoms with E-state index in [1.165, 1.54) is 13.3 Å². The Morgan fingerprint density at radius 3 is 2.67 bits per heavy atom. The van der Waals surface area contributed by atoms with Crippen LogP contribution < -0.4 is 4.74 Å². The number of pyridine rings is 1. The van der Waals surface area contributed by atoms with E-state index in [1.807, 2.05) is 18.2 Å². The van der Waals surface area contributed by atoms with Crippen LogP contribution in [0.5, 0.6) is 11.5 Å². The number of carbonyl (C=O) groups is 1. The zero-order valence-corrected chi connectivity index (χ0v) is 13.7. The quantitative estimate of drug-likeness (QED) is 0.760. The van der Waals surface area contributed by atoms with Crippen LogP contribution in [0, 0.1) is 0 Å². The maximum absolute atomic E-state index is 11.5. The Morgan fingerprint density at radius 2 is 2.00 bits per heavy atom. The van der Waals surface area contributed by atoms with E-state index < -0.39 is 5.97 Å². The maximum Gasteiger partial charge on any atom is 0.356 e. The van der Waals surface area contributed by atoms with E-state index in [1.54, 1.807) is 12.1 Å². The van der Waals surface area contributed by atoms with Gasteiger partial charge in [0.05, 0.1) is 7.11 Å². The standard InChI is InChI=1S/C16H16BrNO3/c1-10(2)13-8-11(17)4-5-15(13)21-12-6-7-18-14(9-12)16(19)20-3/h4-10H,1-3H3. The molecule has 0 bridgehead atoms. The molecule has 1 heterocycles. The van der Waals surface area contributed by atoms with E-state index in [4.69, 9.17) is 4.74 Å². The van der Waals surface area contributed by atoms with E-state index in [2.05, 4.69) is 39.5 Å². The second kappa shape index (κ2) is 6.72. The SMILES string of the molecule is COC(=O)c1cc(Oc2ccc(Br)cc2C(C)C)ccn1. The van der Waals surface area contributed by atoms with Crippen molar-refractivity contribution in [2.24, 2.45) is 0 Å². The molecule has 0 amide bonds. The molecule has 110 valence electrons. The molecule has 0 aliphatic rings. The predicted molar refractivity (Wildman–Crippen MR) is 83.9 cm³/mol. The van der Waals surface area contributed by atoms with Crippen LogP contribution in [0.4, 0.5) is 0 Å². The number of halogens is 1. The van der Waals surface area contributed by atoms with Crippen LogP contribution in [-0.4, -0.2) is 18.1 Å². The topological polar surface area (TPSA) is 48.4 Å². The first-order valence-corrected chi connectivity index (χ1v) is 7.32. The van der Waals surface area contributed by atoms with Gasteiger partial charge in [-0.25, -0.2) is 9.78 Å². The van der Waals surface area contributed by atoms with E-state index in [0.29, 0.717) is 11.7 Å². The smallest absolute Gasteiger partial charge is 0.356 e. The van der Waals surface area contributed by atoms with E-state index in [-0.39, 0.29) is 5.69 Å². The highest BCUT2D eigenvalue weighted by atomic mass is 79.9. The van der Waals surface area contributed by atoms with Gasteiger partial charge in [-0.15, -0.1) is 0 Å². The summed E-state index contributed by atoms with van der Waals surface area (Å²) in [5.74, 6) is 1.14. The number of rotatable bonds is 4. The lowest BCUT2D eigenvalue weighted by atomic mass is 10.0. The van der Waals surface area contributed by atoms with Crippen molar-refractivity contribution in [2.75, 3.05) is 7.11 Å². The Bertz CT molecular complexity index is 656. The third-order valence-electron chi connectivity index (χ3n) is 2.95. The zero-order valence-electron chi connectivity index (χ0n) is 12.1. The number of carbonyl (C=O) groups excluding carboxylic acids is 1. The van der Waals surface area contributed by atoms with Crippen LogP contribution in [0.3, 0.4) is 0 Å². The van der Waals surface area contributed by atoms with Crippen molar-refractivity contribution >= 4 is 21.9 Å². The predicted octanol–water partition coefficient (Wildman–Crippen LogP) is 4.55. The number of esters is 1. The molecule has 0 aliphatic carbocycles. The Balaban J connectivity index is 2.32. The van der Waals surface area contributed by atoms with Gasteiger partial charge in [0.1, 0.15) is 11.5 Å². The Morgan fingerprint density at radius 1 is 1.24 bits per heavy atom. The molecule has 0 N–H and O–H groups in total. The fourth-order valence-electron chi connectivity index (χ4n) is 1.88. The molecule has 0 saturated carbocycles. The van der Waals surface area contributed by atoms with Crippen molar-refractivity contribution in [3.63, 3.8) is 0 Å². The van der Waals surface area contributed by atoms with Gasteiger partial charge in [0, 0.05) is 16.7 Å². The molecule has 4 nitrogen and oxygen atoms in total. The van der Waals surface area contributed by atoms with Gasteiger partial charge in [-0.3, -0.25) is 0 Å². The molecule has 0 fully saturated rings. The third kappa shape index (κ3) is 3.82. The first-order valence-electron chi connectivity index (χ1n) is 6.53. The van der Waals surface area contributed by atoms with Gasteiger partial charge in [0.25, 0.3) is 0 Å². The molecule has 21 heavy (non-hydrogen) atoms. The first kappa shape index (κ1) is 15.5. The second-order valence-corrected chi connectivity index (χ2v) is 5.72. The van der Waals surface area contributed by atoms with Crippen LogP contribution in [-0.2, 0) is 4.74 Å². The molecule has 0 spiro atoms. The van der Waals surface area contributed by atoms with Crippen LogP contribution in [0.2, 0.25) is 0 Å². The minimum atomic E-state index is -0.486. The average molecular weight is 350 g/mol. The monoisotopic (exact) mass is 349 g/mol. The molecule has 1 aromatic carbocycles. The Labute approximate surface area is 132 Å². The molecule has 0 saturated heterocycles. The first-order chi connectivity index (χ1) is 10.0. The normalized spacial score (nSPS) is 10.5. The molecule has 2 rings (SSSR count). The summed E-state index contributed by atoms with van der Waals surface area (Å²) < 4.78 is 11.6. The minimum absolute atomic E-state index is 0.221. The van der Waals surface area contributed by atoms with Gasteiger partial charge in [-0.1, -0.05) is 29.8 Å². The molecule has 1 aromatic heterocycles. The number of aromatic nitrogens is 1. The highest BCUT2D eigenvalue weighted by molar-refractivity contribution is 9.10. The average Bonchev–Trinajstić information content (AvgIpc) is 2.48. The van der Waals surface area contributed by atoms with Crippen molar-refractivity contribution in [1.29, 1.82) is 0 Å². The molecular weight excluding hydrogens is 334 g/mol. The number of hydrogen-bond donors (Lipinski definition) is 0. The summed E-state index contributed by atoms with van der Waals surface area (Å²) in [6.07, 6.45) is 1.52. The molecule has 0 radical (unpaired) electrons. The molecule has 0 atom stereocenters. The van der Waals surface area contributed by atoms with Gasteiger partial charge < -0.3 is 9.47 Å². The number of benzene rings is 1. The van der Waals surface area contributed by atoms with Crippen molar-refractivity contribution in [3.05, 3.63) is 52.3 Å². The van der Waals surface area contributed by atoms with Crippen molar-refractivity contribution < 1.29 is 14.3 Å². The summed E-state index contributed by atoms with van der Waals surface area (Å²) in [4.78, 5) is 15.5. The molecule has 0 unspecified atom stereocenters. The van der Waals surface area contributed by atoms with E-state index in [9.17, 15) is 4.79 Å². The van der Waals surface area contributed by atoms with Gasteiger partial charge in [0.2, 0.25) is 0 Å². The van der Waals surface area contributed by atoms with Crippen molar-refractivity contribution in [3.8, 4) is 11.5 Å². The summed E-state index contributed by atoms with van der Waals surface area (Å²) in [6.45, 7) is 4.20. The summed E-state index contributed by atoms with van der Waals surface area (Å²) >= 11 is 3.46. The van der Waals surface area contributed by atoms with Gasteiger partial charge in [-0.05, 0) is 35.7 Å². The van der Waals surface area contributed by atoms with Crippen molar-refractivity contribution in [1.82, 2.24) is 4.98 Å². The van der Waals surface area contributed by atoms with Crippen LogP contribution in [0.15, 0.2) is 41.0 Å². The van der Waals surface area contributed by atoms with Crippen LogP contribution in [0.1, 0.15) is 35.8 Å². The van der Waals surface area contributed by atoms with Crippen molar-refractivity contribution in [2.45, 2.75) is 19.8 Å².